The predicted molar refractivity (Wildman–Crippen MR) is 102 cm³/mol. The molecule has 2 saturated heterocycles. The van der Waals surface area contributed by atoms with Crippen LogP contribution in [0.5, 0.6) is 0 Å². The lowest BCUT2D eigenvalue weighted by molar-refractivity contribution is -0.154. The van der Waals surface area contributed by atoms with Gasteiger partial charge in [0, 0.05) is 13.0 Å². The van der Waals surface area contributed by atoms with E-state index in [-0.39, 0.29) is 37.3 Å². The Kier molecular flexibility index (Phi) is 5.10. The molecule has 0 spiro atoms. The van der Waals surface area contributed by atoms with Crippen molar-refractivity contribution >= 4 is 17.8 Å². The van der Waals surface area contributed by atoms with Crippen molar-refractivity contribution in [1.29, 1.82) is 0 Å². The van der Waals surface area contributed by atoms with E-state index < -0.39 is 12.1 Å². The van der Waals surface area contributed by atoms with Crippen LogP contribution < -0.4 is 0 Å². The summed E-state index contributed by atoms with van der Waals surface area (Å²) in [4.78, 5) is 40.8. The van der Waals surface area contributed by atoms with E-state index in [1.54, 1.807) is 9.80 Å². The third kappa shape index (κ3) is 3.91. The number of fused-ring (bicyclic) bond motifs is 1. The van der Waals surface area contributed by atoms with Crippen molar-refractivity contribution in [3.8, 4) is 0 Å². The third-order valence-corrected chi connectivity index (χ3v) is 5.21. The molecule has 2 aliphatic rings. The minimum atomic E-state index is -0.542. The Hall–Kier alpha value is -3.15. The van der Waals surface area contributed by atoms with E-state index in [4.69, 9.17) is 4.74 Å². The zero-order chi connectivity index (χ0) is 19.5. The Morgan fingerprint density at radius 1 is 0.964 bits per heavy atom. The molecule has 2 amide bonds. The van der Waals surface area contributed by atoms with Crippen LogP contribution in [0.4, 0.5) is 0 Å². The first-order valence-corrected chi connectivity index (χ1v) is 9.46. The topological polar surface area (TPSA) is 66.9 Å². The van der Waals surface area contributed by atoms with Gasteiger partial charge in [-0.2, -0.15) is 0 Å². The Morgan fingerprint density at radius 2 is 1.61 bits per heavy atom. The highest BCUT2D eigenvalue weighted by Gasteiger charge is 2.46. The molecular formula is C22H22N2O4. The molecule has 0 N–H and O–H groups in total. The van der Waals surface area contributed by atoms with Crippen molar-refractivity contribution in [3.05, 3.63) is 71.8 Å². The van der Waals surface area contributed by atoms with Gasteiger partial charge in [-0.3, -0.25) is 14.4 Å². The van der Waals surface area contributed by atoms with E-state index in [0.29, 0.717) is 13.0 Å². The molecule has 0 aliphatic carbocycles. The fourth-order valence-electron chi connectivity index (χ4n) is 3.86. The highest BCUT2D eigenvalue weighted by atomic mass is 16.5. The van der Waals surface area contributed by atoms with Gasteiger partial charge in [0.2, 0.25) is 11.8 Å². The van der Waals surface area contributed by atoms with Gasteiger partial charge in [-0.15, -0.1) is 0 Å². The first-order chi connectivity index (χ1) is 13.6. The number of hydrogen-bond acceptors (Lipinski definition) is 4. The van der Waals surface area contributed by atoms with Crippen LogP contribution in [-0.2, 0) is 32.1 Å². The molecule has 0 unspecified atom stereocenters. The molecule has 0 aromatic heterocycles. The molecule has 144 valence electrons. The average molecular weight is 378 g/mol. The van der Waals surface area contributed by atoms with Gasteiger partial charge in [-0.05, 0) is 11.1 Å². The summed E-state index contributed by atoms with van der Waals surface area (Å²) in [5.74, 6) is -0.510. The second-order valence-electron chi connectivity index (χ2n) is 7.25. The van der Waals surface area contributed by atoms with Crippen molar-refractivity contribution in [2.45, 2.75) is 31.5 Å². The van der Waals surface area contributed by atoms with E-state index in [0.717, 1.165) is 11.1 Å². The molecule has 28 heavy (non-hydrogen) atoms. The van der Waals surface area contributed by atoms with Gasteiger partial charge in [0.15, 0.2) is 0 Å². The monoisotopic (exact) mass is 378 g/mol. The zero-order valence-electron chi connectivity index (χ0n) is 15.5. The maximum atomic E-state index is 12.9. The minimum absolute atomic E-state index is 0.0644. The lowest BCUT2D eigenvalue weighted by Crippen LogP contribution is -2.56. The summed E-state index contributed by atoms with van der Waals surface area (Å²) in [5.41, 5.74) is 1.87. The molecule has 0 bridgehead atoms. The summed E-state index contributed by atoms with van der Waals surface area (Å²) < 4.78 is 5.55. The van der Waals surface area contributed by atoms with Crippen LogP contribution >= 0.6 is 0 Å². The van der Waals surface area contributed by atoms with Gasteiger partial charge < -0.3 is 14.5 Å². The predicted octanol–water partition coefficient (Wildman–Crippen LogP) is 1.78. The van der Waals surface area contributed by atoms with Gasteiger partial charge in [0.1, 0.15) is 18.7 Å². The number of esters is 1. The van der Waals surface area contributed by atoms with E-state index in [2.05, 4.69) is 0 Å². The molecule has 2 atom stereocenters. The average Bonchev–Trinajstić information content (AvgIpc) is 3.12. The number of benzene rings is 2. The standard InChI is InChI=1S/C22H22N2O4/c25-20-15-23(13-17-9-5-2-6-10-17)22(27)19-12-18(14-24(19)20)28-21(26)11-16-7-3-1-4-8-16/h1-10,18-19H,11-15H2/t18-,19+/m1/s1. The number of hydrogen-bond donors (Lipinski definition) is 0. The molecule has 0 radical (unpaired) electrons. The Bertz CT molecular complexity index is 869. The van der Waals surface area contributed by atoms with Gasteiger partial charge in [-0.1, -0.05) is 60.7 Å². The largest absolute Gasteiger partial charge is 0.460 e. The summed E-state index contributed by atoms with van der Waals surface area (Å²) in [6.07, 6.45) is 0.103. The highest BCUT2D eigenvalue weighted by molar-refractivity contribution is 5.95. The summed E-state index contributed by atoms with van der Waals surface area (Å²) in [6.45, 7) is 0.762. The zero-order valence-corrected chi connectivity index (χ0v) is 15.5. The number of rotatable bonds is 5. The highest BCUT2D eigenvalue weighted by Crippen LogP contribution is 2.27. The minimum Gasteiger partial charge on any atom is -0.460 e. The number of piperazine rings is 1. The Labute approximate surface area is 163 Å². The summed E-state index contributed by atoms with van der Waals surface area (Å²) in [6, 6.07) is 18.4. The number of nitrogens with zero attached hydrogens (tertiary/aromatic N) is 2. The Morgan fingerprint density at radius 3 is 2.29 bits per heavy atom. The lowest BCUT2D eigenvalue weighted by atomic mass is 10.1. The first-order valence-electron chi connectivity index (χ1n) is 9.46. The Balaban J connectivity index is 1.38. The normalized spacial score (nSPS) is 21.6. The maximum Gasteiger partial charge on any atom is 0.310 e. The van der Waals surface area contributed by atoms with Gasteiger partial charge in [0.25, 0.3) is 0 Å². The van der Waals surface area contributed by atoms with E-state index in [9.17, 15) is 14.4 Å². The SMILES string of the molecule is O=C(Cc1ccccc1)O[C@@H]1C[C@H]2C(=O)N(Cc3ccccc3)CC(=O)N2C1. The molecule has 2 heterocycles. The van der Waals surface area contributed by atoms with Crippen LogP contribution in [0.1, 0.15) is 17.5 Å². The first kappa shape index (κ1) is 18.2. The molecule has 2 aromatic carbocycles. The van der Waals surface area contributed by atoms with Crippen molar-refractivity contribution in [3.63, 3.8) is 0 Å². The quantitative estimate of drug-likeness (QED) is 0.744. The van der Waals surface area contributed by atoms with Crippen molar-refractivity contribution < 1.29 is 19.1 Å². The number of amides is 2. The van der Waals surface area contributed by atoms with Crippen molar-refractivity contribution in [2.75, 3.05) is 13.1 Å². The number of carbonyl (C=O) groups excluding carboxylic acids is 3. The fraction of sp³-hybridized carbons (Fsp3) is 0.318. The fourth-order valence-corrected chi connectivity index (χ4v) is 3.86. The molecule has 2 fully saturated rings. The van der Waals surface area contributed by atoms with Crippen molar-refractivity contribution in [2.24, 2.45) is 0 Å². The summed E-state index contributed by atoms with van der Waals surface area (Å²) in [7, 11) is 0. The number of carbonyl (C=O) groups is 3. The van der Waals surface area contributed by atoms with Gasteiger partial charge in [0.05, 0.1) is 13.0 Å². The summed E-state index contributed by atoms with van der Waals surface area (Å²) >= 11 is 0. The molecule has 0 saturated carbocycles. The van der Waals surface area contributed by atoms with Crippen LogP contribution in [0.2, 0.25) is 0 Å². The summed E-state index contributed by atoms with van der Waals surface area (Å²) in [5, 5.41) is 0. The van der Waals surface area contributed by atoms with E-state index in [1.165, 1.54) is 0 Å². The van der Waals surface area contributed by atoms with Crippen LogP contribution in [0.25, 0.3) is 0 Å². The van der Waals surface area contributed by atoms with Crippen molar-refractivity contribution in [1.82, 2.24) is 9.80 Å². The van der Waals surface area contributed by atoms with Crippen LogP contribution in [0.3, 0.4) is 0 Å². The molecule has 2 aromatic rings. The molecule has 6 nitrogen and oxygen atoms in total. The lowest BCUT2D eigenvalue weighted by Gasteiger charge is -2.36. The van der Waals surface area contributed by atoms with Gasteiger partial charge >= 0.3 is 5.97 Å². The molecule has 2 aliphatic heterocycles. The maximum absolute atomic E-state index is 12.9. The van der Waals surface area contributed by atoms with Crippen LogP contribution in [0.15, 0.2) is 60.7 Å². The van der Waals surface area contributed by atoms with E-state index in [1.807, 2.05) is 60.7 Å². The molecule has 4 rings (SSSR count). The smallest absolute Gasteiger partial charge is 0.310 e. The molecular weight excluding hydrogens is 356 g/mol. The van der Waals surface area contributed by atoms with Gasteiger partial charge in [-0.25, -0.2) is 0 Å². The number of ether oxygens (including phenoxy) is 1. The van der Waals surface area contributed by atoms with Crippen LogP contribution in [-0.4, -0.2) is 52.8 Å². The van der Waals surface area contributed by atoms with Crippen LogP contribution in [0, 0.1) is 0 Å². The third-order valence-electron chi connectivity index (χ3n) is 5.21. The van der Waals surface area contributed by atoms with E-state index >= 15 is 0 Å². The molecule has 6 heteroatoms. The second-order valence-corrected chi connectivity index (χ2v) is 7.25. The second kappa shape index (κ2) is 7.84.